The van der Waals surface area contributed by atoms with E-state index in [0.29, 0.717) is 28.7 Å². The summed E-state index contributed by atoms with van der Waals surface area (Å²) in [6.45, 7) is 2.67. The van der Waals surface area contributed by atoms with Crippen molar-refractivity contribution in [2.24, 2.45) is 0 Å². The van der Waals surface area contributed by atoms with Gasteiger partial charge in [-0.05, 0) is 30.2 Å². The van der Waals surface area contributed by atoms with E-state index in [2.05, 4.69) is 6.92 Å². The van der Waals surface area contributed by atoms with Crippen molar-refractivity contribution in [3.05, 3.63) is 28.3 Å². The molecular formula is C17H20ClNO4. The average molecular weight is 338 g/mol. The molecule has 0 radical (unpaired) electrons. The second-order valence-electron chi connectivity index (χ2n) is 4.92. The van der Waals surface area contributed by atoms with Crippen molar-refractivity contribution >= 4 is 23.6 Å². The summed E-state index contributed by atoms with van der Waals surface area (Å²) in [5.74, 6) is -0.461. The Morgan fingerprint density at radius 2 is 2.13 bits per heavy atom. The van der Waals surface area contributed by atoms with Crippen molar-refractivity contribution in [3.63, 3.8) is 0 Å². The lowest BCUT2D eigenvalue weighted by atomic mass is 10.1. The van der Waals surface area contributed by atoms with Gasteiger partial charge in [0, 0.05) is 0 Å². The molecule has 0 heterocycles. The van der Waals surface area contributed by atoms with Crippen LogP contribution in [0.3, 0.4) is 0 Å². The maximum atomic E-state index is 10.9. The van der Waals surface area contributed by atoms with Gasteiger partial charge in [0.2, 0.25) is 0 Å². The number of methoxy groups -OCH3 is 1. The Bertz CT molecular complexity index is 620. The fourth-order valence-corrected chi connectivity index (χ4v) is 2.25. The van der Waals surface area contributed by atoms with Gasteiger partial charge in [-0.25, -0.2) is 4.79 Å². The molecule has 0 aliphatic rings. The number of unbranched alkanes of at least 4 members (excludes halogenated alkanes) is 3. The topological polar surface area (TPSA) is 79.5 Å². The molecule has 0 saturated carbocycles. The number of hydrogen-bond acceptors (Lipinski definition) is 4. The van der Waals surface area contributed by atoms with Crippen molar-refractivity contribution in [2.75, 3.05) is 13.7 Å². The predicted molar refractivity (Wildman–Crippen MR) is 88.9 cm³/mol. The van der Waals surface area contributed by atoms with Crippen LogP contribution in [0, 0.1) is 11.3 Å². The Morgan fingerprint density at radius 1 is 1.39 bits per heavy atom. The summed E-state index contributed by atoms with van der Waals surface area (Å²) in [7, 11) is 1.48. The molecule has 6 heteroatoms. The molecule has 5 nitrogen and oxygen atoms in total. The molecule has 0 aliphatic heterocycles. The molecule has 0 amide bonds. The SMILES string of the molecule is CCCCCCOc1c(Cl)cc(C=C(C#N)C(=O)O)cc1OC. The van der Waals surface area contributed by atoms with Gasteiger partial charge in [-0.1, -0.05) is 37.8 Å². The predicted octanol–water partition coefficient (Wildman–Crippen LogP) is 4.30. The molecule has 0 aliphatic carbocycles. The minimum atomic E-state index is -1.29. The van der Waals surface area contributed by atoms with E-state index in [1.807, 2.05) is 0 Å². The molecule has 1 aromatic rings. The van der Waals surface area contributed by atoms with Crippen LogP contribution < -0.4 is 9.47 Å². The van der Waals surface area contributed by atoms with Gasteiger partial charge < -0.3 is 14.6 Å². The molecule has 1 N–H and O–H groups in total. The summed E-state index contributed by atoms with van der Waals surface area (Å²) in [5.41, 5.74) is 0.0838. The summed E-state index contributed by atoms with van der Waals surface area (Å²) in [6, 6.07) is 4.76. The number of nitrogens with zero attached hydrogens (tertiary/aromatic N) is 1. The highest BCUT2D eigenvalue weighted by molar-refractivity contribution is 6.32. The minimum Gasteiger partial charge on any atom is -0.493 e. The lowest BCUT2D eigenvalue weighted by molar-refractivity contribution is -0.132. The van der Waals surface area contributed by atoms with Gasteiger partial charge in [0.1, 0.15) is 11.6 Å². The summed E-state index contributed by atoms with van der Waals surface area (Å²) in [4.78, 5) is 10.9. The Kier molecular flexibility index (Phi) is 8.00. The second-order valence-corrected chi connectivity index (χ2v) is 5.33. The molecule has 0 atom stereocenters. The summed E-state index contributed by atoms with van der Waals surface area (Å²) in [5, 5.41) is 18.0. The Hall–Kier alpha value is -2.19. The van der Waals surface area contributed by atoms with Gasteiger partial charge in [-0.15, -0.1) is 0 Å². The molecule has 124 valence electrons. The van der Waals surface area contributed by atoms with E-state index in [4.69, 9.17) is 31.4 Å². The molecular weight excluding hydrogens is 318 g/mol. The van der Waals surface area contributed by atoms with Crippen molar-refractivity contribution in [1.29, 1.82) is 5.26 Å². The molecule has 0 saturated heterocycles. The zero-order chi connectivity index (χ0) is 17.2. The maximum absolute atomic E-state index is 10.9. The number of rotatable bonds is 9. The fraction of sp³-hybridized carbons (Fsp3) is 0.412. The second kappa shape index (κ2) is 9.75. The number of aliphatic carboxylic acids is 1. The minimum absolute atomic E-state index is 0.314. The number of benzene rings is 1. The summed E-state index contributed by atoms with van der Waals surface area (Å²) >= 11 is 6.20. The van der Waals surface area contributed by atoms with Crippen molar-refractivity contribution in [1.82, 2.24) is 0 Å². The van der Waals surface area contributed by atoms with Crippen LogP contribution in [0.4, 0.5) is 0 Å². The van der Waals surface area contributed by atoms with Crippen LogP contribution in [-0.2, 0) is 4.79 Å². The van der Waals surface area contributed by atoms with Crippen LogP contribution in [0.1, 0.15) is 38.2 Å². The van der Waals surface area contributed by atoms with Crippen LogP contribution in [0.25, 0.3) is 6.08 Å². The van der Waals surface area contributed by atoms with Crippen LogP contribution in [0.5, 0.6) is 11.5 Å². The van der Waals surface area contributed by atoms with E-state index in [9.17, 15) is 4.79 Å². The van der Waals surface area contributed by atoms with Gasteiger partial charge >= 0.3 is 5.97 Å². The molecule has 1 rings (SSSR count). The number of halogens is 1. The van der Waals surface area contributed by atoms with Gasteiger partial charge in [-0.2, -0.15) is 5.26 Å². The first-order valence-electron chi connectivity index (χ1n) is 7.38. The van der Waals surface area contributed by atoms with Gasteiger partial charge in [0.05, 0.1) is 18.7 Å². The number of carboxylic acids is 1. The standard InChI is InChI=1S/C17H20ClNO4/c1-3-4-5-6-7-23-16-14(18)9-12(10-15(16)22-2)8-13(11-19)17(20)21/h8-10H,3-7H2,1-2H3,(H,20,21). The first kappa shape index (κ1) is 18.9. The molecule has 0 bridgehead atoms. The van der Waals surface area contributed by atoms with Crippen LogP contribution >= 0.6 is 11.6 Å². The van der Waals surface area contributed by atoms with Gasteiger partial charge in [0.25, 0.3) is 0 Å². The third kappa shape index (κ3) is 5.84. The van der Waals surface area contributed by atoms with E-state index >= 15 is 0 Å². The Balaban J connectivity index is 2.95. The van der Waals surface area contributed by atoms with E-state index in [1.54, 1.807) is 18.2 Å². The third-order valence-electron chi connectivity index (χ3n) is 3.16. The molecule has 1 aromatic carbocycles. The number of ether oxygens (including phenoxy) is 2. The quantitative estimate of drug-likeness (QED) is 0.413. The van der Waals surface area contributed by atoms with Gasteiger partial charge in [-0.3, -0.25) is 0 Å². The largest absolute Gasteiger partial charge is 0.493 e. The van der Waals surface area contributed by atoms with Crippen molar-refractivity contribution < 1.29 is 19.4 Å². The maximum Gasteiger partial charge on any atom is 0.346 e. The molecule has 0 spiro atoms. The number of nitriles is 1. The highest BCUT2D eigenvalue weighted by Crippen LogP contribution is 2.37. The molecule has 0 aromatic heterocycles. The van der Waals surface area contributed by atoms with Crippen LogP contribution in [0.15, 0.2) is 17.7 Å². The zero-order valence-corrected chi connectivity index (χ0v) is 14.0. The normalized spacial score (nSPS) is 11.0. The number of carboxylic acid groups (broad SMARTS) is 1. The van der Waals surface area contributed by atoms with Gasteiger partial charge in [0.15, 0.2) is 11.5 Å². The summed E-state index contributed by atoms with van der Waals surface area (Å²) < 4.78 is 10.9. The first-order chi connectivity index (χ1) is 11.0. The fourth-order valence-electron chi connectivity index (χ4n) is 1.97. The Morgan fingerprint density at radius 3 is 2.70 bits per heavy atom. The highest BCUT2D eigenvalue weighted by Gasteiger charge is 2.13. The number of hydrogen-bond donors (Lipinski definition) is 1. The molecule has 0 fully saturated rings. The zero-order valence-electron chi connectivity index (χ0n) is 13.3. The number of carbonyl (C=O) groups is 1. The third-order valence-corrected chi connectivity index (χ3v) is 3.44. The van der Waals surface area contributed by atoms with Crippen molar-refractivity contribution in [2.45, 2.75) is 32.6 Å². The monoisotopic (exact) mass is 337 g/mol. The molecule has 23 heavy (non-hydrogen) atoms. The van der Waals surface area contributed by atoms with E-state index in [0.717, 1.165) is 25.7 Å². The first-order valence-corrected chi connectivity index (χ1v) is 7.76. The highest BCUT2D eigenvalue weighted by atomic mass is 35.5. The van der Waals surface area contributed by atoms with E-state index < -0.39 is 5.97 Å². The lowest BCUT2D eigenvalue weighted by Gasteiger charge is -2.13. The van der Waals surface area contributed by atoms with Crippen molar-refractivity contribution in [3.8, 4) is 17.6 Å². The van der Waals surface area contributed by atoms with Crippen LogP contribution in [0.2, 0.25) is 5.02 Å². The Labute approximate surface area is 141 Å². The lowest BCUT2D eigenvalue weighted by Crippen LogP contribution is -2.01. The van der Waals surface area contributed by atoms with E-state index in [1.165, 1.54) is 13.2 Å². The van der Waals surface area contributed by atoms with Crippen LogP contribution in [-0.4, -0.2) is 24.8 Å². The molecule has 0 unspecified atom stereocenters. The average Bonchev–Trinajstić information content (AvgIpc) is 2.53. The van der Waals surface area contributed by atoms with E-state index in [-0.39, 0.29) is 5.57 Å². The summed E-state index contributed by atoms with van der Waals surface area (Å²) in [6.07, 6.45) is 5.55. The smallest absolute Gasteiger partial charge is 0.346 e.